The second-order valence-corrected chi connectivity index (χ2v) is 5.50. The highest BCUT2D eigenvalue weighted by molar-refractivity contribution is 7.98. The van der Waals surface area contributed by atoms with Gasteiger partial charge in [-0.25, -0.2) is 0 Å². The molecule has 1 aromatic carbocycles. The van der Waals surface area contributed by atoms with Crippen molar-refractivity contribution in [1.82, 2.24) is 8.75 Å². The highest BCUT2D eigenvalue weighted by Gasteiger charge is 2.06. The van der Waals surface area contributed by atoms with E-state index in [-0.39, 0.29) is 0 Å². The van der Waals surface area contributed by atoms with Crippen LogP contribution in [0.25, 0.3) is 0 Å². The van der Waals surface area contributed by atoms with Crippen molar-refractivity contribution in [2.24, 2.45) is 0 Å². The Morgan fingerprint density at radius 1 is 1.19 bits per heavy atom. The van der Waals surface area contributed by atoms with E-state index in [2.05, 4.69) is 40.8 Å². The second-order valence-electron chi connectivity index (χ2n) is 3.64. The quantitative estimate of drug-likeness (QED) is 0.786. The lowest BCUT2D eigenvalue weighted by Gasteiger charge is -2.03. The van der Waals surface area contributed by atoms with Crippen LogP contribution in [0.4, 0.5) is 0 Å². The lowest BCUT2D eigenvalue weighted by atomic mass is 10.1. The van der Waals surface area contributed by atoms with Crippen molar-refractivity contribution in [3.8, 4) is 0 Å². The van der Waals surface area contributed by atoms with Crippen LogP contribution < -0.4 is 0 Å². The third-order valence-corrected chi connectivity index (χ3v) is 4.23. The molecule has 2 aromatic rings. The van der Waals surface area contributed by atoms with Gasteiger partial charge in [0.2, 0.25) is 0 Å². The van der Waals surface area contributed by atoms with Crippen molar-refractivity contribution in [3.63, 3.8) is 0 Å². The summed E-state index contributed by atoms with van der Waals surface area (Å²) in [5.41, 5.74) is 3.88. The molecular formula is C11H11ClN2S2. The van der Waals surface area contributed by atoms with Crippen molar-refractivity contribution in [3.05, 3.63) is 40.0 Å². The van der Waals surface area contributed by atoms with Gasteiger partial charge in [-0.1, -0.05) is 52.7 Å². The molecule has 0 amide bonds. The maximum atomic E-state index is 5.88. The molecule has 1 aromatic heterocycles. The summed E-state index contributed by atoms with van der Waals surface area (Å²) in [5.74, 6) is 0.883. The van der Waals surface area contributed by atoms with E-state index >= 15 is 0 Å². The Bertz CT molecular complexity index is 476. The zero-order valence-corrected chi connectivity index (χ0v) is 11.4. The van der Waals surface area contributed by atoms with Crippen LogP contribution >= 0.6 is 35.1 Å². The standard InChI is InChI=1S/C11H11ClN2S2/c1-7-3-8(2)5-9(4-7)6-15-11-10(12)13-16-14-11/h3-5H,6H2,1-2H3. The van der Waals surface area contributed by atoms with Gasteiger partial charge in [0.25, 0.3) is 0 Å². The molecule has 0 spiro atoms. The van der Waals surface area contributed by atoms with Gasteiger partial charge >= 0.3 is 0 Å². The Morgan fingerprint density at radius 3 is 2.44 bits per heavy atom. The van der Waals surface area contributed by atoms with Gasteiger partial charge in [0.05, 0.1) is 11.7 Å². The van der Waals surface area contributed by atoms with Gasteiger partial charge in [-0.3, -0.25) is 0 Å². The van der Waals surface area contributed by atoms with Gasteiger partial charge in [0, 0.05) is 5.75 Å². The smallest absolute Gasteiger partial charge is 0.165 e. The monoisotopic (exact) mass is 270 g/mol. The van der Waals surface area contributed by atoms with E-state index in [0.29, 0.717) is 5.15 Å². The number of halogens is 1. The first-order valence-corrected chi connectivity index (χ1v) is 6.92. The fraction of sp³-hybridized carbons (Fsp3) is 0.273. The van der Waals surface area contributed by atoms with Gasteiger partial charge in [-0.2, -0.15) is 8.75 Å². The first-order valence-electron chi connectivity index (χ1n) is 4.83. The number of hydrogen-bond acceptors (Lipinski definition) is 4. The molecule has 0 radical (unpaired) electrons. The van der Waals surface area contributed by atoms with E-state index in [0.717, 1.165) is 22.5 Å². The molecule has 2 rings (SSSR count). The number of nitrogens with zero attached hydrogens (tertiary/aromatic N) is 2. The lowest BCUT2D eigenvalue weighted by molar-refractivity contribution is 1.24. The number of benzene rings is 1. The summed E-state index contributed by atoms with van der Waals surface area (Å²) in [6.07, 6.45) is 0. The van der Waals surface area contributed by atoms with Crippen molar-refractivity contribution >= 4 is 35.1 Å². The Morgan fingerprint density at radius 2 is 1.88 bits per heavy atom. The minimum Gasteiger partial charge on any atom is -0.165 e. The molecule has 2 nitrogen and oxygen atoms in total. The van der Waals surface area contributed by atoms with Crippen LogP contribution in [0, 0.1) is 13.8 Å². The van der Waals surface area contributed by atoms with E-state index in [1.54, 1.807) is 11.8 Å². The summed E-state index contributed by atoms with van der Waals surface area (Å²) in [5, 5.41) is 1.34. The SMILES string of the molecule is Cc1cc(C)cc(CSc2nsnc2Cl)c1. The molecule has 0 unspecified atom stereocenters. The lowest BCUT2D eigenvalue weighted by Crippen LogP contribution is -1.85. The van der Waals surface area contributed by atoms with Gasteiger partial charge in [0.15, 0.2) is 5.15 Å². The Labute approximate surface area is 108 Å². The Hall–Kier alpha value is -0.580. The van der Waals surface area contributed by atoms with Crippen molar-refractivity contribution in [2.75, 3.05) is 0 Å². The maximum absolute atomic E-state index is 5.88. The van der Waals surface area contributed by atoms with Gasteiger partial charge in [-0.05, 0) is 19.4 Å². The van der Waals surface area contributed by atoms with Crippen LogP contribution in [-0.2, 0) is 5.75 Å². The summed E-state index contributed by atoms with van der Waals surface area (Å²) < 4.78 is 8.08. The van der Waals surface area contributed by atoms with Crippen LogP contribution in [0.3, 0.4) is 0 Å². The third-order valence-electron chi connectivity index (χ3n) is 2.08. The average Bonchev–Trinajstić information content (AvgIpc) is 2.59. The van der Waals surface area contributed by atoms with Crippen LogP contribution in [0.15, 0.2) is 23.2 Å². The molecule has 0 saturated heterocycles. The number of hydrogen-bond donors (Lipinski definition) is 0. The largest absolute Gasteiger partial charge is 0.176 e. The first-order chi connectivity index (χ1) is 7.65. The van der Waals surface area contributed by atoms with E-state index in [1.165, 1.54) is 16.7 Å². The fourth-order valence-corrected chi connectivity index (χ4v) is 3.27. The highest BCUT2D eigenvalue weighted by Crippen LogP contribution is 2.28. The predicted molar refractivity (Wildman–Crippen MR) is 70.4 cm³/mol. The minimum atomic E-state index is 0.513. The molecule has 0 N–H and O–H groups in total. The molecule has 0 bridgehead atoms. The number of thioether (sulfide) groups is 1. The minimum absolute atomic E-state index is 0.513. The molecule has 16 heavy (non-hydrogen) atoms. The highest BCUT2D eigenvalue weighted by atomic mass is 35.5. The van der Waals surface area contributed by atoms with Crippen LogP contribution in [0.5, 0.6) is 0 Å². The third kappa shape index (κ3) is 2.97. The van der Waals surface area contributed by atoms with E-state index in [4.69, 9.17) is 11.6 Å². The van der Waals surface area contributed by atoms with Crippen LogP contribution in [0.1, 0.15) is 16.7 Å². The number of aryl methyl sites for hydroxylation is 2. The topological polar surface area (TPSA) is 25.8 Å². The molecule has 0 fully saturated rings. The first kappa shape index (κ1) is 11.9. The van der Waals surface area contributed by atoms with Crippen LogP contribution in [0.2, 0.25) is 5.15 Å². The maximum Gasteiger partial charge on any atom is 0.176 e. The Kier molecular flexibility index (Phi) is 3.84. The fourth-order valence-electron chi connectivity index (χ4n) is 1.56. The van der Waals surface area contributed by atoms with Crippen LogP contribution in [-0.4, -0.2) is 8.75 Å². The molecule has 0 atom stereocenters. The van der Waals surface area contributed by atoms with E-state index < -0.39 is 0 Å². The zero-order chi connectivity index (χ0) is 11.5. The van der Waals surface area contributed by atoms with Gasteiger partial charge in [-0.15, -0.1) is 0 Å². The van der Waals surface area contributed by atoms with Crippen molar-refractivity contribution in [2.45, 2.75) is 24.6 Å². The molecular weight excluding hydrogens is 260 g/mol. The molecule has 1 heterocycles. The summed E-state index contributed by atoms with van der Waals surface area (Å²) >= 11 is 8.67. The van der Waals surface area contributed by atoms with E-state index in [9.17, 15) is 0 Å². The average molecular weight is 271 g/mol. The molecule has 0 saturated carbocycles. The summed E-state index contributed by atoms with van der Waals surface area (Å²) in [4.78, 5) is 0. The predicted octanol–water partition coefficient (Wildman–Crippen LogP) is 4.10. The molecule has 0 aliphatic carbocycles. The molecule has 0 aliphatic heterocycles. The summed E-state index contributed by atoms with van der Waals surface area (Å²) in [7, 11) is 0. The number of rotatable bonds is 3. The molecule has 5 heteroatoms. The normalized spacial score (nSPS) is 10.7. The van der Waals surface area contributed by atoms with Gasteiger partial charge in [0.1, 0.15) is 5.03 Å². The molecule has 0 aliphatic rings. The van der Waals surface area contributed by atoms with Crippen molar-refractivity contribution < 1.29 is 0 Å². The van der Waals surface area contributed by atoms with Crippen molar-refractivity contribution in [1.29, 1.82) is 0 Å². The zero-order valence-electron chi connectivity index (χ0n) is 9.03. The summed E-state index contributed by atoms with van der Waals surface area (Å²) in [6, 6.07) is 6.55. The van der Waals surface area contributed by atoms with Gasteiger partial charge < -0.3 is 0 Å². The second kappa shape index (κ2) is 5.17. The molecule has 84 valence electrons. The summed E-state index contributed by atoms with van der Waals surface area (Å²) in [6.45, 7) is 4.22. The van der Waals surface area contributed by atoms with E-state index in [1.807, 2.05) is 0 Å². The number of aromatic nitrogens is 2. The Balaban J connectivity index is 2.07.